The smallest absolute Gasteiger partial charge is 0.296 e. The van der Waals surface area contributed by atoms with E-state index in [2.05, 4.69) is 0 Å². The van der Waals surface area contributed by atoms with E-state index in [1.165, 1.54) is 9.58 Å². The van der Waals surface area contributed by atoms with Gasteiger partial charge in [0.15, 0.2) is 15.8 Å². The van der Waals surface area contributed by atoms with Crippen LogP contribution in [0.1, 0.15) is 11.3 Å². The Balaban J connectivity index is 1.79. The molecule has 4 rings (SSSR count). The SMILES string of the molecule is COc1cccc(/C=C2\SC(=S)N(c3c(C)n(C)n(-c4ccccc4)c3=O)C2=O)c1OC. The van der Waals surface area contributed by atoms with E-state index >= 15 is 0 Å². The van der Waals surface area contributed by atoms with Gasteiger partial charge >= 0.3 is 0 Å². The maximum atomic E-state index is 13.4. The fourth-order valence-electron chi connectivity index (χ4n) is 3.64. The van der Waals surface area contributed by atoms with E-state index < -0.39 is 0 Å². The number of anilines is 1. The molecular weight excluding hydrogens is 446 g/mol. The van der Waals surface area contributed by atoms with Gasteiger partial charge in [-0.15, -0.1) is 0 Å². The third-order valence-corrected chi connectivity index (χ3v) is 6.56. The quantitative estimate of drug-likeness (QED) is 0.419. The molecule has 1 amide bonds. The van der Waals surface area contributed by atoms with Gasteiger partial charge in [0.1, 0.15) is 5.69 Å². The number of ether oxygens (including phenoxy) is 2. The monoisotopic (exact) mass is 467 g/mol. The van der Waals surface area contributed by atoms with Crippen LogP contribution in [0.3, 0.4) is 0 Å². The Morgan fingerprint density at radius 3 is 2.38 bits per heavy atom. The second-order valence-corrected chi connectivity index (χ2v) is 8.69. The molecule has 0 N–H and O–H groups in total. The van der Waals surface area contributed by atoms with Gasteiger partial charge < -0.3 is 9.47 Å². The van der Waals surface area contributed by atoms with Crippen molar-refractivity contribution in [2.24, 2.45) is 7.05 Å². The lowest BCUT2D eigenvalue weighted by molar-refractivity contribution is -0.113. The lowest BCUT2D eigenvalue weighted by atomic mass is 10.1. The Labute approximate surface area is 194 Å². The second kappa shape index (κ2) is 8.68. The standard InChI is InChI=1S/C23H21N3O4S2/c1-14-19(22(28)26(24(14)2)16-10-6-5-7-11-16)25-21(27)18(32-23(25)31)13-15-9-8-12-17(29-3)20(15)30-4/h5-13H,1-4H3/b18-13-. The molecule has 3 aromatic rings. The van der Waals surface area contributed by atoms with Crippen LogP contribution in [0.25, 0.3) is 11.8 Å². The number of rotatable bonds is 5. The van der Waals surface area contributed by atoms with Crippen molar-refractivity contribution in [2.45, 2.75) is 6.92 Å². The molecule has 1 aromatic heterocycles. The molecule has 9 heteroatoms. The maximum absolute atomic E-state index is 13.4. The molecule has 0 radical (unpaired) electrons. The summed E-state index contributed by atoms with van der Waals surface area (Å²) >= 11 is 6.65. The van der Waals surface area contributed by atoms with Gasteiger partial charge in [0.05, 0.1) is 30.5 Å². The number of hydrogen-bond acceptors (Lipinski definition) is 6. The van der Waals surface area contributed by atoms with Crippen LogP contribution in [-0.4, -0.2) is 33.8 Å². The number of amides is 1. The molecule has 1 aliphatic rings. The number of nitrogens with zero attached hydrogens (tertiary/aromatic N) is 3. The molecule has 32 heavy (non-hydrogen) atoms. The van der Waals surface area contributed by atoms with Crippen LogP contribution in [-0.2, 0) is 11.8 Å². The third-order valence-electron chi connectivity index (χ3n) is 5.26. The van der Waals surface area contributed by atoms with Crippen molar-refractivity contribution in [3.63, 3.8) is 0 Å². The summed E-state index contributed by atoms with van der Waals surface area (Å²) in [5.41, 5.74) is 1.96. The van der Waals surface area contributed by atoms with Crippen molar-refractivity contribution in [2.75, 3.05) is 19.1 Å². The number of benzene rings is 2. The number of methoxy groups -OCH3 is 2. The highest BCUT2D eigenvalue weighted by molar-refractivity contribution is 8.27. The molecule has 7 nitrogen and oxygen atoms in total. The fraction of sp³-hybridized carbons (Fsp3) is 0.174. The van der Waals surface area contributed by atoms with Crippen LogP contribution >= 0.6 is 24.0 Å². The Morgan fingerprint density at radius 1 is 1.00 bits per heavy atom. The molecule has 0 unspecified atom stereocenters. The number of hydrogen-bond donors (Lipinski definition) is 0. The molecule has 0 bridgehead atoms. The summed E-state index contributed by atoms with van der Waals surface area (Å²) in [4.78, 5) is 28.4. The van der Waals surface area contributed by atoms with Gasteiger partial charge in [0, 0.05) is 12.6 Å². The van der Waals surface area contributed by atoms with E-state index in [-0.39, 0.29) is 17.2 Å². The number of thioether (sulfide) groups is 1. The zero-order valence-corrected chi connectivity index (χ0v) is 19.6. The summed E-state index contributed by atoms with van der Waals surface area (Å²) in [7, 11) is 4.87. The third kappa shape index (κ3) is 3.53. The van der Waals surface area contributed by atoms with E-state index in [9.17, 15) is 9.59 Å². The normalized spacial score (nSPS) is 15.0. The average Bonchev–Trinajstić information content (AvgIpc) is 3.19. The molecule has 1 saturated heterocycles. The van der Waals surface area contributed by atoms with Crippen molar-refractivity contribution in [1.82, 2.24) is 9.36 Å². The zero-order valence-electron chi connectivity index (χ0n) is 18.0. The van der Waals surface area contributed by atoms with Crippen molar-refractivity contribution in [3.8, 4) is 17.2 Å². The first kappa shape index (κ1) is 21.9. The summed E-state index contributed by atoms with van der Waals surface area (Å²) in [6, 6.07) is 14.7. The van der Waals surface area contributed by atoms with E-state index in [0.717, 1.165) is 11.8 Å². The number of thiocarbonyl (C=S) groups is 1. The molecule has 164 valence electrons. The van der Waals surface area contributed by atoms with E-state index in [4.69, 9.17) is 21.7 Å². The van der Waals surface area contributed by atoms with Crippen molar-refractivity contribution in [1.29, 1.82) is 0 Å². The maximum Gasteiger partial charge on any atom is 0.296 e. The molecule has 0 aliphatic carbocycles. The minimum atomic E-state index is -0.351. The van der Waals surface area contributed by atoms with E-state index in [1.54, 1.807) is 45.0 Å². The first-order valence-electron chi connectivity index (χ1n) is 9.72. The highest BCUT2D eigenvalue weighted by Crippen LogP contribution is 2.39. The lowest BCUT2D eigenvalue weighted by Gasteiger charge is -2.12. The molecule has 0 saturated carbocycles. The summed E-state index contributed by atoms with van der Waals surface area (Å²) in [5.74, 6) is 0.722. The summed E-state index contributed by atoms with van der Waals surface area (Å²) in [6.07, 6.45) is 1.70. The van der Waals surface area contributed by atoms with E-state index in [0.29, 0.717) is 37.7 Å². The van der Waals surface area contributed by atoms with Crippen LogP contribution in [0.2, 0.25) is 0 Å². The number of carbonyl (C=O) groups excluding carboxylic acids is 1. The molecule has 0 spiro atoms. The number of carbonyl (C=O) groups is 1. The molecule has 2 heterocycles. The van der Waals surface area contributed by atoms with E-state index in [1.807, 2.05) is 42.5 Å². The Bertz CT molecular complexity index is 1310. The van der Waals surface area contributed by atoms with Gasteiger partial charge in [-0.3, -0.25) is 19.2 Å². The molecular formula is C23H21N3O4S2. The van der Waals surface area contributed by atoms with Crippen molar-refractivity contribution < 1.29 is 14.3 Å². The molecule has 1 fully saturated rings. The van der Waals surface area contributed by atoms with Crippen molar-refractivity contribution in [3.05, 3.63) is 75.0 Å². The summed E-state index contributed by atoms with van der Waals surface area (Å²) in [5, 5.41) is 0. The van der Waals surface area contributed by atoms with Gasteiger partial charge in [-0.2, -0.15) is 0 Å². The Morgan fingerprint density at radius 2 is 1.72 bits per heavy atom. The first-order chi connectivity index (χ1) is 15.4. The highest BCUT2D eigenvalue weighted by atomic mass is 32.2. The fourth-order valence-corrected chi connectivity index (χ4v) is 4.90. The second-order valence-electron chi connectivity index (χ2n) is 7.01. The van der Waals surface area contributed by atoms with Gasteiger partial charge in [-0.1, -0.05) is 54.3 Å². The Kier molecular flexibility index (Phi) is 5.94. The van der Waals surface area contributed by atoms with Crippen LogP contribution in [0.4, 0.5) is 5.69 Å². The predicted molar refractivity (Wildman–Crippen MR) is 131 cm³/mol. The van der Waals surface area contributed by atoms with Crippen LogP contribution in [0, 0.1) is 6.92 Å². The lowest BCUT2D eigenvalue weighted by Crippen LogP contribution is -2.33. The zero-order chi connectivity index (χ0) is 23.0. The largest absolute Gasteiger partial charge is 0.493 e. The van der Waals surface area contributed by atoms with Crippen LogP contribution < -0.4 is 19.9 Å². The van der Waals surface area contributed by atoms with Gasteiger partial charge in [0.25, 0.3) is 11.5 Å². The summed E-state index contributed by atoms with van der Waals surface area (Å²) in [6.45, 7) is 1.80. The van der Waals surface area contributed by atoms with Crippen LogP contribution in [0.5, 0.6) is 11.5 Å². The van der Waals surface area contributed by atoms with Crippen LogP contribution in [0.15, 0.2) is 58.2 Å². The summed E-state index contributed by atoms with van der Waals surface area (Å²) < 4.78 is 14.4. The predicted octanol–water partition coefficient (Wildman–Crippen LogP) is 3.91. The van der Waals surface area contributed by atoms with Crippen molar-refractivity contribution >= 4 is 46.0 Å². The number of para-hydroxylation sites is 2. The highest BCUT2D eigenvalue weighted by Gasteiger charge is 2.38. The first-order valence-corrected chi connectivity index (χ1v) is 10.9. The molecule has 0 atom stereocenters. The molecule has 2 aromatic carbocycles. The topological polar surface area (TPSA) is 65.7 Å². The number of aromatic nitrogens is 2. The van der Waals surface area contributed by atoms with Gasteiger partial charge in [-0.25, -0.2) is 4.68 Å². The minimum Gasteiger partial charge on any atom is -0.493 e. The van der Waals surface area contributed by atoms with Gasteiger partial charge in [-0.05, 0) is 31.2 Å². The minimum absolute atomic E-state index is 0.250. The average molecular weight is 468 g/mol. The van der Waals surface area contributed by atoms with Gasteiger partial charge in [0.2, 0.25) is 0 Å². The Hall–Kier alpha value is -3.30. The molecule has 1 aliphatic heterocycles.